The summed E-state index contributed by atoms with van der Waals surface area (Å²) >= 11 is 0. The molecular weight excluding hydrogens is 498 g/mol. The summed E-state index contributed by atoms with van der Waals surface area (Å²) in [5.74, 6) is -3.60. The molecule has 2 N–H and O–H groups in total. The van der Waals surface area contributed by atoms with Gasteiger partial charge in [0.1, 0.15) is 29.4 Å². The Kier molecular flexibility index (Phi) is 6.53. The summed E-state index contributed by atoms with van der Waals surface area (Å²) in [4.78, 5) is 45.7. The van der Waals surface area contributed by atoms with Crippen LogP contribution < -0.4 is 15.4 Å². The minimum Gasteiger partial charge on any atom is -0.486 e. The molecule has 0 aliphatic carbocycles. The van der Waals surface area contributed by atoms with E-state index < -0.39 is 23.4 Å². The minimum atomic E-state index is -3.11. The molecule has 12 heteroatoms. The molecule has 0 saturated heterocycles. The Hall–Kier alpha value is -4.74. The summed E-state index contributed by atoms with van der Waals surface area (Å²) in [7, 11) is 0. The number of halogens is 2. The Labute approximate surface area is 215 Å². The largest absolute Gasteiger partial charge is 0.486 e. The van der Waals surface area contributed by atoms with Gasteiger partial charge in [0.2, 0.25) is 0 Å². The highest BCUT2D eigenvalue weighted by Crippen LogP contribution is 2.25. The number of nitrogens with zero attached hydrogens (tertiary/aromatic N) is 4. The molecule has 1 aromatic carbocycles. The summed E-state index contributed by atoms with van der Waals surface area (Å²) < 4.78 is 33.9. The van der Waals surface area contributed by atoms with E-state index in [1.165, 1.54) is 35.0 Å². The van der Waals surface area contributed by atoms with Crippen molar-refractivity contribution < 1.29 is 27.9 Å². The first-order valence-electron chi connectivity index (χ1n) is 11.7. The van der Waals surface area contributed by atoms with Crippen molar-refractivity contribution in [3.8, 4) is 5.75 Å². The van der Waals surface area contributed by atoms with E-state index >= 15 is 0 Å². The molecule has 1 aliphatic rings. The SMILES string of the molecule is CC(F)(F)c1cccc(CNC(=O)c2cc(C(=O)NCc3ccc4c(c3)CC(=O)CO4)nc3ccnn23)n1. The smallest absolute Gasteiger partial charge is 0.286 e. The lowest BCUT2D eigenvalue weighted by Crippen LogP contribution is -2.29. The maximum Gasteiger partial charge on any atom is 0.286 e. The summed E-state index contributed by atoms with van der Waals surface area (Å²) in [6.07, 6.45) is 1.71. The topological polar surface area (TPSA) is 128 Å². The van der Waals surface area contributed by atoms with E-state index in [0.717, 1.165) is 18.1 Å². The molecule has 5 rings (SSSR count). The number of carbonyl (C=O) groups excluding carboxylic acids is 3. The summed E-state index contributed by atoms with van der Waals surface area (Å²) in [6.45, 7) is 0.855. The second-order valence-corrected chi connectivity index (χ2v) is 8.84. The zero-order valence-electron chi connectivity index (χ0n) is 20.2. The number of nitrogens with one attached hydrogen (secondary N) is 2. The number of hydrogen-bond donors (Lipinski definition) is 2. The molecule has 0 radical (unpaired) electrons. The van der Waals surface area contributed by atoms with Gasteiger partial charge in [-0.3, -0.25) is 14.4 Å². The van der Waals surface area contributed by atoms with Crippen molar-refractivity contribution in [2.75, 3.05) is 6.61 Å². The predicted octanol–water partition coefficient (Wildman–Crippen LogP) is 2.60. The van der Waals surface area contributed by atoms with E-state index in [0.29, 0.717) is 5.75 Å². The van der Waals surface area contributed by atoms with Crippen LogP contribution in [0.2, 0.25) is 0 Å². The fourth-order valence-electron chi connectivity index (χ4n) is 3.99. The van der Waals surface area contributed by atoms with Crippen LogP contribution in [0.25, 0.3) is 5.65 Å². The number of Topliss-reactive ketones (excluding diaryl/α,β-unsaturated/α-hetero) is 1. The van der Waals surface area contributed by atoms with Crippen molar-refractivity contribution in [1.29, 1.82) is 0 Å². The normalized spacial score (nSPS) is 13.1. The number of ketones is 1. The number of benzene rings is 1. The molecule has 0 bridgehead atoms. The number of pyridine rings is 1. The van der Waals surface area contributed by atoms with Gasteiger partial charge in [-0.05, 0) is 29.8 Å². The van der Waals surface area contributed by atoms with Crippen molar-refractivity contribution in [1.82, 2.24) is 30.2 Å². The van der Waals surface area contributed by atoms with Crippen LogP contribution in [0.3, 0.4) is 0 Å². The van der Waals surface area contributed by atoms with Gasteiger partial charge in [-0.25, -0.2) is 14.5 Å². The monoisotopic (exact) mass is 520 g/mol. The van der Waals surface area contributed by atoms with Crippen molar-refractivity contribution in [3.63, 3.8) is 0 Å². The number of aromatic nitrogens is 4. The van der Waals surface area contributed by atoms with Gasteiger partial charge >= 0.3 is 0 Å². The van der Waals surface area contributed by atoms with Crippen LogP contribution in [0.1, 0.15) is 50.4 Å². The molecule has 0 saturated carbocycles. The zero-order chi connectivity index (χ0) is 26.9. The van der Waals surface area contributed by atoms with Gasteiger partial charge in [0, 0.05) is 37.6 Å². The van der Waals surface area contributed by atoms with Crippen molar-refractivity contribution >= 4 is 23.2 Å². The van der Waals surface area contributed by atoms with Crippen LogP contribution in [-0.4, -0.2) is 43.8 Å². The fraction of sp³-hybridized carbons (Fsp3) is 0.231. The van der Waals surface area contributed by atoms with Crippen molar-refractivity contribution in [3.05, 3.63) is 88.6 Å². The average molecular weight is 520 g/mol. The Morgan fingerprint density at radius 3 is 2.68 bits per heavy atom. The first-order chi connectivity index (χ1) is 18.2. The van der Waals surface area contributed by atoms with Crippen LogP contribution in [0, 0.1) is 0 Å². The first-order valence-corrected chi connectivity index (χ1v) is 11.7. The summed E-state index contributed by atoms with van der Waals surface area (Å²) in [5, 5.41) is 9.48. The molecule has 4 aromatic rings. The number of alkyl halides is 2. The Balaban J connectivity index is 1.30. The van der Waals surface area contributed by atoms with E-state index in [1.54, 1.807) is 24.3 Å². The number of amides is 2. The van der Waals surface area contributed by atoms with Crippen LogP contribution in [0.5, 0.6) is 5.75 Å². The van der Waals surface area contributed by atoms with Crippen molar-refractivity contribution in [2.24, 2.45) is 0 Å². The zero-order valence-corrected chi connectivity index (χ0v) is 20.2. The minimum absolute atomic E-state index is 0.00892. The Morgan fingerprint density at radius 2 is 1.87 bits per heavy atom. The second-order valence-electron chi connectivity index (χ2n) is 8.84. The van der Waals surface area contributed by atoms with Gasteiger partial charge in [0.05, 0.1) is 18.4 Å². The standard InChI is InChI=1S/C26H22F2N6O4/c1-26(27,28)22-4-2-3-17(32-22)13-30-25(37)20-11-19(33-23-7-8-31-34(20)23)24(36)29-12-15-5-6-21-16(9-15)10-18(35)14-38-21/h2-9,11H,10,12-14H2,1H3,(H,29,36)(H,30,37). The maximum atomic E-state index is 13.6. The fourth-order valence-corrected chi connectivity index (χ4v) is 3.99. The number of rotatable bonds is 7. The number of ether oxygens (including phenoxy) is 1. The molecule has 0 spiro atoms. The molecule has 4 heterocycles. The number of hydrogen-bond acceptors (Lipinski definition) is 7. The Bertz CT molecular complexity index is 1560. The molecule has 2 amide bonds. The first kappa shape index (κ1) is 24.9. The molecule has 0 atom stereocenters. The Morgan fingerprint density at radius 1 is 1.05 bits per heavy atom. The second kappa shape index (κ2) is 9.96. The molecular formula is C26H22F2N6O4. The summed E-state index contributed by atoms with van der Waals surface area (Å²) in [5.41, 5.74) is 1.67. The molecule has 0 unspecified atom stereocenters. The highest BCUT2D eigenvalue weighted by Gasteiger charge is 2.26. The third-order valence-electron chi connectivity index (χ3n) is 5.87. The van der Waals surface area contributed by atoms with Crippen molar-refractivity contribution in [2.45, 2.75) is 32.4 Å². The maximum absolute atomic E-state index is 13.6. The molecule has 1 aliphatic heterocycles. The predicted molar refractivity (Wildman–Crippen MR) is 130 cm³/mol. The van der Waals surface area contributed by atoms with Crippen LogP contribution in [0.15, 0.2) is 54.7 Å². The lowest BCUT2D eigenvalue weighted by molar-refractivity contribution is -0.121. The van der Waals surface area contributed by atoms with E-state index in [2.05, 4.69) is 25.7 Å². The van der Waals surface area contributed by atoms with E-state index in [1.807, 2.05) is 0 Å². The van der Waals surface area contributed by atoms with Gasteiger partial charge in [-0.15, -0.1) is 0 Å². The third-order valence-corrected chi connectivity index (χ3v) is 5.87. The molecule has 0 fully saturated rings. The van der Waals surface area contributed by atoms with E-state index in [4.69, 9.17) is 4.74 Å². The van der Waals surface area contributed by atoms with Crippen LogP contribution >= 0.6 is 0 Å². The highest BCUT2D eigenvalue weighted by molar-refractivity contribution is 5.98. The molecule has 194 valence electrons. The van der Waals surface area contributed by atoms with Gasteiger partial charge in [0.25, 0.3) is 17.7 Å². The lowest BCUT2D eigenvalue weighted by Gasteiger charge is -2.17. The van der Waals surface area contributed by atoms with E-state index in [-0.39, 0.29) is 54.6 Å². The average Bonchev–Trinajstić information content (AvgIpc) is 3.38. The van der Waals surface area contributed by atoms with Crippen LogP contribution in [0.4, 0.5) is 8.78 Å². The quantitative estimate of drug-likeness (QED) is 0.383. The highest BCUT2D eigenvalue weighted by atomic mass is 19.3. The molecule has 3 aromatic heterocycles. The van der Waals surface area contributed by atoms with Gasteiger partial charge in [-0.1, -0.05) is 12.1 Å². The van der Waals surface area contributed by atoms with Gasteiger partial charge < -0.3 is 15.4 Å². The van der Waals surface area contributed by atoms with E-state index in [9.17, 15) is 23.2 Å². The van der Waals surface area contributed by atoms with Gasteiger partial charge in [0.15, 0.2) is 11.4 Å². The molecule has 38 heavy (non-hydrogen) atoms. The summed E-state index contributed by atoms with van der Waals surface area (Å²) in [6, 6.07) is 12.4. The molecule has 10 nitrogen and oxygen atoms in total. The number of fused-ring (bicyclic) bond motifs is 2. The number of carbonyl (C=O) groups is 3. The van der Waals surface area contributed by atoms with Crippen LogP contribution in [-0.2, 0) is 30.2 Å². The van der Waals surface area contributed by atoms with Gasteiger partial charge in [-0.2, -0.15) is 13.9 Å². The third kappa shape index (κ3) is 5.33. The lowest BCUT2D eigenvalue weighted by atomic mass is 10.0.